The zero-order valence-electron chi connectivity index (χ0n) is 8.74. The minimum Gasteiger partial charge on any atom is -0.494 e. The number of methoxy groups -OCH3 is 1. The van der Waals surface area contributed by atoms with Crippen LogP contribution in [-0.2, 0) is 6.42 Å². The Balaban J connectivity index is 2.76. The number of benzene rings is 1. The van der Waals surface area contributed by atoms with Gasteiger partial charge in [-0.15, -0.1) is 0 Å². The van der Waals surface area contributed by atoms with Crippen molar-refractivity contribution in [3.05, 3.63) is 29.6 Å². The lowest BCUT2D eigenvalue weighted by atomic mass is 10.0. The smallest absolute Gasteiger partial charge is 0.168 e. The Morgan fingerprint density at radius 1 is 1.53 bits per heavy atom. The Morgan fingerprint density at radius 3 is 2.87 bits per heavy atom. The number of ether oxygens (including phenoxy) is 1. The third-order valence-electron chi connectivity index (χ3n) is 2.22. The van der Waals surface area contributed by atoms with Gasteiger partial charge in [-0.05, 0) is 24.6 Å². The Kier molecular flexibility index (Phi) is 4.52. The summed E-state index contributed by atoms with van der Waals surface area (Å²) < 4.78 is 18.5. The van der Waals surface area contributed by atoms with E-state index in [1.165, 1.54) is 7.11 Å². The van der Waals surface area contributed by atoms with E-state index in [4.69, 9.17) is 10.5 Å². The molecule has 15 heavy (non-hydrogen) atoms. The summed E-state index contributed by atoms with van der Waals surface area (Å²) >= 11 is 0. The molecular formula is C11H16FNO2. The normalized spacial score (nSPS) is 12.5. The summed E-state index contributed by atoms with van der Waals surface area (Å²) in [7, 11) is 1.42. The minimum absolute atomic E-state index is 0.201. The number of aliphatic hydroxyl groups is 1. The molecule has 0 saturated heterocycles. The van der Waals surface area contributed by atoms with Crippen LogP contribution in [-0.4, -0.2) is 24.9 Å². The van der Waals surface area contributed by atoms with Crippen molar-refractivity contribution in [1.29, 1.82) is 0 Å². The van der Waals surface area contributed by atoms with Crippen LogP contribution in [0.4, 0.5) is 4.39 Å². The second kappa shape index (κ2) is 5.68. The molecule has 0 aliphatic heterocycles. The Labute approximate surface area is 88.7 Å². The van der Waals surface area contributed by atoms with Gasteiger partial charge in [0.2, 0.25) is 0 Å². The van der Waals surface area contributed by atoms with Crippen molar-refractivity contribution in [3.63, 3.8) is 0 Å². The molecule has 1 unspecified atom stereocenters. The van der Waals surface area contributed by atoms with Gasteiger partial charge in [0.05, 0.1) is 13.2 Å². The quantitative estimate of drug-likeness (QED) is 0.769. The van der Waals surface area contributed by atoms with Crippen molar-refractivity contribution in [2.75, 3.05) is 13.7 Å². The van der Waals surface area contributed by atoms with E-state index >= 15 is 0 Å². The van der Waals surface area contributed by atoms with Crippen LogP contribution in [0.25, 0.3) is 0 Å². The average molecular weight is 213 g/mol. The molecule has 0 heterocycles. The first kappa shape index (κ1) is 11.9. The highest BCUT2D eigenvalue weighted by Gasteiger charge is 2.11. The van der Waals surface area contributed by atoms with Gasteiger partial charge in [-0.3, -0.25) is 0 Å². The van der Waals surface area contributed by atoms with Crippen LogP contribution in [0, 0.1) is 5.82 Å². The molecule has 0 aromatic heterocycles. The van der Waals surface area contributed by atoms with Gasteiger partial charge in [-0.1, -0.05) is 12.1 Å². The van der Waals surface area contributed by atoms with E-state index < -0.39 is 11.9 Å². The van der Waals surface area contributed by atoms with Crippen molar-refractivity contribution in [1.82, 2.24) is 0 Å². The van der Waals surface area contributed by atoms with Crippen molar-refractivity contribution < 1.29 is 14.2 Å². The van der Waals surface area contributed by atoms with Crippen molar-refractivity contribution in [3.8, 4) is 5.75 Å². The average Bonchev–Trinajstić information content (AvgIpc) is 2.21. The van der Waals surface area contributed by atoms with E-state index in [2.05, 4.69) is 0 Å². The van der Waals surface area contributed by atoms with E-state index in [1.807, 2.05) is 0 Å². The number of halogens is 1. The maximum absolute atomic E-state index is 13.6. The molecule has 1 rings (SSSR count). The molecule has 0 fully saturated rings. The number of aliphatic hydroxyl groups excluding tert-OH is 1. The van der Waals surface area contributed by atoms with Crippen LogP contribution in [0.1, 0.15) is 12.0 Å². The van der Waals surface area contributed by atoms with Crippen molar-refractivity contribution in [2.24, 2.45) is 5.73 Å². The van der Waals surface area contributed by atoms with Gasteiger partial charge in [0.25, 0.3) is 0 Å². The second-order valence-corrected chi connectivity index (χ2v) is 3.37. The summed E-state index contributed by atoms with van der Waals surface area (Å²) in [6.07, 6.45) is 0.133. The van der Waals surface area contributed by atoms with Crippen LogP contribution >= 0.6 is 0 Å². The highest BCUT2D eigenvalue weighted by molar-refractivity contribution is 5.31. The predicted octanol–water partition coefficient (Wildman–Crippen LogP) is 1.09. The summed E-state index contributed by atoms with van der Waals surface area (Å²) in [6.45, 7) is 0.396. The Morgan fingerprint density at radius 2 is 2.27 bits per heavy atom. The van der Waals surface area contributed by atoms with Crippen LogP contribution < -0.4 is 10.5 Å². The van der Waals surface area contributed by atoms with E-state index in [-0.39, 0.29) is 12.2 Å². The summed E-state index contributed by atoms with van der Waals surface area (Å²) in [5.74, 6) is -0.205. The summed E-state index contributed by atoms with van der Waals surface area (Å²) in [5, 5.41) is 9.50. The first-order valence-corrected chi connectivity index (χ1v) is 4.88. The predicted molar refractivity (Wildman–Crippen MR) is 56.3 cm³/mol. The van der Waals surface area contributed by atoms with E-state index in [9.17, 15) is 9.50 Å². The van der Waals surface area contributed by atoms with Gasteiger partial charge in [0, 0.05) is 6.42 Å². The lowest BCUT2D eigenvalue weighted by molar-refractivity contribution is 0.166. The van der Waals surface area contributed by atoms with Crippen LogP contribution in [0.15, 0.2) is 18.2 Å². The zero-order chi connectivity index (χ0) is 11.3. The van der Waals surface area contributed by atoms with Gasteiger partial charge >= 0.3 is 0 Å². The third kappa shape index (κ3) is 3.18. The molecular weight excluding hydrogens is 197 g/mol. The minimum atomic E-state index is -0.600. The molecule has 1 atom stereocenters. The van der Waals surface area contributed by atoms with E-state index in [0.29, 0.717) is 18.5 Å². The summed E-state index contributed by atoms with van der Waals surface area (Å²) in [5.41, 5.74) is 5.75. The molecule has 3 nitrogen and oxygen atoms in total. The monoisotopic (exact) mass is 213 g/mol. The van der Waals surface area contributed by atoms with Gasteiger partial charge in [0.15, 0.2) is 11.6 Å². The molecule has 0 bridgehead atoms. The molecule has 0 saturated carbocycles. The van der Waals surface area contributed by atoms with Gasteiger partial charge in [0.1, 0.15) is 0 Å². The fraction of sp³-hybridized carbons (Fsp3) is 0.455. The molecule has 1 aromatic rings. The molecule has 0 amide bonds. The van der Waals surface area contributed by atoms with Crippen molar-refractivity contribution >= 4 is 0 Å². The number of hydrogen-bond donors (Lipinski definition) is 2. The van der Waals surface area contributed by atoms with E-state index in [0.717, 1.165) is 0 Å². The highest BCUT2D eigenvalue weighted by Crippen LogP contribution is 2.21. The molecule has 0 spiro atoms. The van der Waals surface area contributed by atoms with Crippen LogP contribution in [0.3, 0.4) is 0 Å². The fourth-order valence-corrected chi connectivity index (χ4v) is 1.42. The van der Waals surface area contributed by atoms with E-state index in [1.54, 1.807) is 18.2 Å². The molecule has 1 aromatic carbocycles. The lowest BCUT2D eigenvalue weighted by Crippen LogP contribution is -2.16. The maximum atomic E-state index is 13.6. The molecule has 4 heteroatoms. The SMILES string of the molecule is COc1cccc(CC(O)CCN)c1F. The van der Waals surface area contributed by atoms with Gasteiger partial charge in [-0.25, -0.2) is 4.39 Å². The second-order valence-electron chi connectivity index (χ2n) is 3.37. The van der Waals surface area contributed by atoms with Crippen LogP contribution in [0.2, 0.25) is 0 Å². The molecule has 0 aliphatic rings. The topological polar surface area (TPSA) is 55.5 Å². The Bertz CT molecular complexity index is 317. The van der Waals surface area contributed by atoms with Gasteiger partial charge in [-0.2, -0.15) is 0 Å². The first-order chi connectivity index (χ1) is 7.19. The molecule has 3 N–H and O–H groups in total. The van der Waals surface area contributed by atoms with Crippen LogP contribution in [0.5, 0.6) is 5.75 Å². The number of nitrogens with two attached hydrogens (primary N) is 1. The molecule has 0 aliphatic carbocycles. The maximum Gasteiger partial charge on any atom is 0.168 e. The fourth-order valence-electron chi connectivity index (χ4n) is 1.42. The lowest BCUT2D eigenvalue weighted by Gasteiger charge is -2.11. The zero-order valence-corrected chi connectivity index (χ0v) is 8.74. The van der Waals surface area contributed by atoms with Gasteiger partial charge < -0.3 is 15.6 Å². The Hall–Kier alpha value is -1.13. The summed E-state index contributed by atoms with van der Waals surface area (Å²) in [4.78, 5) is 0. The number of hydrogen-bond acceptors (Lipinski definition) is 3. The largest absolute Gasteiger partial charge is 0.494 e. The molecule has 84 valence electrons. The highest BCUT2D eigenvalue weighted by atomic mass is 19.1. The third-order valence-corrected chi connectivity index (χ3v) is 2.22. The molecule has 0 radical (unpaired) electrons. The number of rotatable bonds is 5. The summed E-state index contributed by atoms with van der Waals surface area (Å²) in [6, 6.07) is 4.89. The first-order valence-electron chi connectivity index (χ1n) is 4.88. The standard InChI is InChI=1S/C11H16FNO2/c1-15-10-4-2-3-8(11(10)12)7-9(14)5-6-13/h2-4,9,14H,5-7,13H2,1H3. The van der Waals surface area contributed by atoms with Crippen molar-refractivity contribution in [2.45, 2.75) is 18.9 Å².